The van der Waals surface area contributed by atoms with E-state index in [0.717, 1.165) is 18.5 Å². The number of benzene rings is 2. The first-order valence-corrected chi connectivity index (χ1v) is 15.0. The van der Waals surface area contributed by atoms with Gasteiger partial charge in [0, 0.05) is 51.8 Å². The molecule has 1 aliphatic heterocycles. The molecule has 222 valence electrons. The van der Waals surface area contributed by atoms with Gasteiger partial charge in [0.2, 0.25) is 11.8 Å². The Labute approximate surface area is 243 Å². The van der Waals surface area contributed by atoms with E-state index in [0.29, 0.717) is 68.4 Å². The maximum Gasteiger partial charge on any atom is 0.251 e. The quantitative estimate of drug-likeness (QED) is 0.360. The van der Waals surface area contributed by atoms with E-state index < -0.39 is 11.4 Å². The zero-order valence-corrected chi connectivity index (χ0v) is 24.3. The molecule has 4 rings (SSSR count). The van der Waals surface area contributed by atoms with E-state index in [1.807, 2.05) is 24.3 Å². The Morgan fingerprint density at radius 1 is 0.976 bits per heavy atom. The molecule has 2 aromatic rings. The molecule has 9 heteroatoms. The van der Waals surface area contributed by atoms with E-state index in [1.165, 1.54) is 32.1 Å². The molecule has 0 atom stereocenters. The Bertz CT molecular complexity index is 1150. The molecule has 0 spiro atoms. The predicted molar refractivity (Wildman–Crippen MR) is 159 cm³/mol. The number of likely N-dealkylation sites (tertiary alicyclic amines) is 1. The first-order chi connectivity index (χ1) is 19.8. The van der Waals surface area contributed by atoms with Crippen molar-refractivity contribution in [1.29, 1.82) is 0 Å². The van der Waals surface area contributed by atoms with Gasteiger partial charge in [-0.3, -0.25) is 19.3 Å². The van der Waals surface area contributed by atoms with Crippen LogP contribution in [0.5, 0.6) is 11.5 Å². The standard InChI is InChI=1S/C32H45N5O4/c1-35-30(39)26-10-14-28(15-11-26)41-27-12-7-25(8-13-27)23-36-20-17-32(18-21-36,31(34)40)37(22-19-33)29(38)16-9-24-5-3-2-4-6-24/h7-8,10-15,24H,2-6,9,16-23,33H2,1H3,(H2,34,40)(H,35,39). The summed E-state index contributed by atoms with van der Waals surface area (Å²) < 4.78 is 5.93. The fraction of sp³-hybridized carbons (Fsp3) is 0.531. The molecule has 1 aliphatic carbocycles. The van der Waals surface area contributed by atoms with Crippen molar-refractivity contribution in [2.75, 3.05) is 33.2 Å². The van der Waals surface area contributed by atoms with Crippen LogP contribution in [-0.4, -0.2) is 66.3 Å². The van der Waals surface area contributed by atoms with Crippen molar-refractivity contribution in [2.45, 2.75) is 69.9 Å². The molecule has 9 nitrogen and oxygen atoms in total. The third-order valence-electron chi connectivity index (χ3n) is 8.71. The molecule has 1 heterocycles. The predicted octanol–water partition coefficient (Wildman–Crippen LogP) is 3.81. The number of carbonyl (C=O) groups excluding carboxylic acids is 3. The summed E-state index contributed by atoms with van der Waals surface area (Å²) in [5, 5.41) is 2.60. The second-order valence-corrected chi connectivity index (χ2v) is 11.4. The average Bonchev–Trinajstić information content (AvgIpc) is 3.00. The molecule has 0 aromatic heterocycles. The summed E-state index contributed by atoms with van der Waals surface area (Å²) in [6.07, 6.45) is 8.51. The van der Waals surface area contributed by atoms with Crippen LogP contribution in [0.2, 0.25) is 0 Å². The summed E-state index contributed by atoms with van der Waals surface area (Å²) in [6, 6.07) is 14.9. The Morgan fingerprint density at radius 3 is 2.15 bits per heavy atom. The number of nitrogens with two attached hydrogens (primary N) is 2. The Hall–Kier alpha value is -3.43. The number of nitrogens with one attached hydrogen (secondary N) is 1. The van der Waals surface area contributed by atoms with Crippen LogP contribution in [0.3, 0.4) is 0 Å². The van der Waals surface area contributed by atoms with Gasteiger partial charge in [-0.05, 0) is 67.1 Å². The van der Waals surface area contributed by atoms with E-state index in [1.54, 1.807) is 36.2 Å². The maximum atomic E-state index is 13.4. The van der Waals surface area contributed by atoms with Gasteiger partial charge in [-0.25, -0.2) is 0 Å². The summed E-state index contributed by atoms with van der Waals surface area (Å²) in [6.45, 7) is 2.71. The molecule has 0 bridgehead atoms. The molecule has 1 saturated carbocycles. The van der Waals surface area contributed by atoms with E-state index in [4.69, 9.17) is 16.2 Å². The van der Waals surface area contributed by atoms with Crippen molar-refractivity contribution in [3.05, 3.63) is 59.7 Å². The van der Waals surface area contributed by atoms with Crippen molar-refractivity contribution in [3.8, 4) is 11.5 Å². The highest BCUT2D eigenvalue weighted by Crippen LogP contribution is 2.33. The third kappa shape index (κ3) is 7.86. The van der Waals surface area contributed by atoms with Crippen molar-refractivity contribution >= 4 is 17.7 Å². The lowest BCUT2D eigenvalue weighted by Crippen LogP contribution is -2.64. The second-order valence-electron chi connectivity index (χ2n) is 11.4. The van der Waals surface area contributed by atoms with Gasteiger partial charge in [-0.2, -0.15) is 0 Å². The number of primary amides is 1. The van der Waals surface area contributed by atoms with Gasteiger partial charge in [0.1, 0.15) is 17.0 Å². The van der Waals surface area contributed by atoms with Crippen LogP contribution in [0.1, 0.15) is 73.7 Å². The molecule has 2 aromatic carbocycles. The molecular formula is C32H45N5O4. The van der Waals surface area contributed by atoms with Crippen LogP contribution in [-0.2, 0) is 16.1 Å². The number of carbonyl (C=O) groups is 3. The Kier molecular flexibility index (Phi) is 10.8. The highest BCUT2D eigenvalue weighted by atomic mass is 16.5. The molecule has 0 radical (unpaired) electrons. The van der Waals surface area contributed by atoms with E-state index in [9.17, 15) is 14.4 Å². The highest BCUT2D eigenvalue weighted by molar-refractivity contribution is 5.94. The van der Waals surface area contributed by atoms with E-state index in [-0.39, 0.29) is 11.8 Å². The first kappa shape index (κ1) is 30.5. The number of rotatable bonds is 12. The fourth-order valence-corrected chi connectivity index (χ4v) is 6.25. The Morgan fingerprint density at radius 2 is 1.59 bits per heavy atom. The van der Waals surface area contributed by atoms with Gasteiger partial charge >= 0.3 is 0 Å². The van der Waals surface area contributed by atoms with Crippen LogP contribution < -0.4 is 21.5 Å². The van der Waals surface area contributed by atoms with Gasteiger partial charge in [0.25, 0.3) is 5.91 Å². The van der Waals surface area contributed by atoms with Crippen LogP contribution in [0.25, 0.3) is 0 Å². The molecule has 1 saturated heterocycles. The number of ether oxygens (including phenoxy) is 1. The summed E-state index contributed by atoms with van der Waals surface area (Å²) in [4.78, 5) is 42.0. The van der Waals surface area contributed by atoms with Gasteiger partial charge in [0.05, 0.1) is 0 Å². The molecule has 41 heavy (non-hydrogen) atoms. The average molecular weight is 564 g/mol. The van der Waals surface area contributed by atoms with Gasteiger partial charge < -0.3 is 26.4 Å². The summed E-state index contributed by atoms with van der Waals surface area (Å²) in [5.74, 6) is 1.40. The minimum atomic E-state index is -0.982. The fourth-order valence-electron chi connectivity index (χ4n) is 6.25. The number of amides is 3. The largest absolute Gasteiger partial charge is 0.457 e. The Balaban J connectivity index is 1.32. The van der Waals surface area contributed by atoms with Crippen LogP contribution in [0.15, 0.2) is 48.5 Å². The van der Waals surface area contributed by atoms with Crippen molar-refractivity contribution in [1.82, 2.24) is 15.1 Å². The van der Waals surface area contributed by atoms with Crippen molar-refractivity contribution < 1.29 is 19.1 Å². The van der Waals surface area contributed by atoms with E-state index >= 15 is 0 Å². The summed E-state index contributed by atoms with van der Waals surface area (Å²) in [5.41, 5.74) is 12.6. The molecular weight excluding hydrogens is 518 g/mol. The molecule has 3 amide bonds. The molecule has 2 aliphatic rings. The topological polar surface area (TPSA) is 131 Å². The zero-order valence-electron chi connectivity index (χ0n) is 24.3. The van der Waals surface area contributed by atoms with Crippen LogP contribution >= 0.6 is 0 Å². The minimum absolute atomic E-state index is 0.00660. The van der Waals surface area contributed by atoms with Gasteiger partial charge in [0.15, 0.2) is 0 Å². The lowest BCUT2D eigenvalue weighted by molar-refractivity contribution is -0.150. The second kappa shape index (κ2) is 14.5. The smallest absolute Gasteiger partial charge is 0.251 e. The number of hydrogen-bond donors (Lipinski definition) is 3. The van der Waals surface area contributed by atoms with Gasteiger partial charge in [-0.15, -0.1) is 0 Å². The monoisotopic (exact) mass is 563 g/mol. The van der Waals surface area contributed by atoms with Crippen LogP contribution in [0.4, 0.5) is 0 Å². The normalized spacial score (nSPS) is 17.5. The third-order valence-corrected chi connectivity index (χ3v) is 8.71. The van der Waals surface area contributed by atoms with Gasteiger partial charge in [-0.1, -0.05) is 44.2 Å². The SMILES string of the molecule is CNC(=O)c1ccc(Oc2ccc(CN3CCC(C(N)=O)(N(CCN)C(=O)CCC4CCCCC4)CC3)cc2)cc1. The van der Waals surface area contributed by atoms with Crippen molar-refractivity contribution in [2.24, 2.45) is 17.4 Å². The minimum Gasteiger partial charge on any atom is -0.457 e. The zero-order chi connectivity index (χ0) is 29.2. The first-order valence-electron chi connectivity index (χ1n) is 15.0. The summed E-state index contributed by atoms with van der Waals surface area (Å²) >= 11 is 0. The maximum absolute atomic E-state index is 13.4. The molecule has 5 N–H and O–H groups in total. The summed E-state index contributed by atoms with van der Waals surface area (Å²) in [7, 11) is 1.60. The van der Waals surface area contributed by atoms with E-state index in [2.05, 4.69) is 10.2 Å². The number of nitrogens with zero attached hydrogens (tertiary/aromatic N) is 2. The molecule has 0 unspecified atom stereocenters. The van der Waals surface area contributed by atoms with Crippen molar-refractivity contribution in [3.63, 3.8) is 0 Å². The highest BCUT2D eigenvalue weighted by Gasteiger charge is 2.46. The number of piperidine rings is 1. The molecule has 2 fully saturated rings. The van der Waals surface area contributed by atoms with Crippen LogP contribution in [0, 0.1) is 5.92 Å². The lowest BCUT2D eigenvalue weighted by atomic mass is 9.83. The lowest BCUT2D eigenvalue weighted by Gasteiger charge is -2.47. The number of hydrogen-bond acceptors (Lipinski definition) is 6.